The fraction of sp³-hybridized carbons (Fsp3) is 0. The van der Waals surface area contributed by atoms with Gasteiger partial charge in [-0.05, 0) is 18.2 Å². The highest BCUT2D eigenvalue weighted by molar-refractivity contribution is 7.80. The number of benzene rings is 1. The number of para-hydroxylation sites is 1. The van der Waals surface area contributed by atoms with Crippen molar-refractivity contribution in [3.05, 3.63) is 60.6 Å². The number of fused-ring (bicyclic) bond motifs is 1. The van der Waals surface area contributed by atoms with Gasteiger partial charge in [-0.2, -0.15) is 0 Å². The molecule has 0 aliphatic rings. The molecular formula is C15H11N3OS. The van der Waals surface area contributed by atoms with Gasteiger partial charge in [-0.25, -0.2) is 0 Å². The zero-order chi connectivity index (χ0) is 13.9. The molecule has 20 heavy (non-hydrogen) atoms. The summed E-state index contributed by atoms with van der Waals surface area (Å²) in [4.78, 5) is 8.66. The van der Waals surface area contributed by atoms with Crippen LogP contribution >= 0.6 is 12.2 Å². The van der Waals surface area contributed by atoms with Gasteiger partial charge in [0, 0.05) is 17.6 Å². The molecule has 0 spiro atoms. The van der Waals surface area contributed by atoms with Crippen LogP contribution in [-0.4, -0.2) is 15.0 Å². The van der Waals surface area contributed by atoms with Crippen LogP contribution in [0.5, 0.6) is 11.5 Å². The molecule has 0 atom stereocenters. The SMILES string of the molecule is NC(=S)c1cc(Oc2cnc3ccccc3c2)ccn1. The maximum absolute atomic E-state index is 5.76. The first kappa shape index (κ1) is 12.5. The minimum Gasteiger partial charge on any atom is -0.456 e. The van der Waals surface area contributed by atoms with Gasteiger partial charge in [-0.1, -0.05) is 30.4 Å². The van der Waals surface area contributed by atoms with Crippen molar-refractivity contribution in [3.63, 3.8) is 0 Å². The van der Waals surface area contributed by atoms with Crippen LogP contribution in [-0.2, 0) is 0 Å². The van der Waals surface area contributed by atoms with Crippen LogP contribution < -0.4 is 10.5 Å². The number of ether oxygens (including phenoxy) is 1. The summed E-state index contributed by atoms with van der Waals surface area (Å²) < 4.78 is 5.76. The lowest BCUT2D eigenvalue weighted by Crippen LogP contribution is -2.11. The van der Waals surface area contributed by atoms with Gasteiger partial charge in [0.1, 0.15) is 22.2 Å². The largest absolute Gasteiger partial charge is 0.456 e. The fourth-order valence-electron chi connectivity index (χ4n) is 1.85. The minimum absolute atomic E-state index is 0.243. The summed E-state index contributed by atoms with van der Waals surface area (Å²) in [5, 5.41) is 1.02. The molecule has 0 aliphatic carbocycles. The van der Waals surface area contributed by atoms with E-state index in [1.54, 1.807) is 24.5 Å². The van der Waals surface area contributed by atoms with Crippen molar-refractivity contribution in [1.82, 2.24) is 9.97 Å². The van der Waals surface area contributed by atoms with Gasteiger partial charge < -0.3 is 10.5 Å². The van der Waals surface area contributed by atoms with Gasteiger partial charge in [0.05, 0.1) is 11.7 Å². The monoisotopic (exact) mass is 281 g/mol. The van der Waals surface area contributed by atoms with E-state index in [4.69, 9.17) is 22.7 Å². The quantitative estimate of drug-likeness (QED) is 0.748. The Hall–Kier alpha value is -2.53. The predicted molar refractivity (Wildman–Crippen MR) is 81.9 cm³/mol. The Kier molecular flexibility index (Phi) is 3.26. The Labute approximate surface area is 121 Å². The molecule has 0 aliphatic heterocycles. The fourth-order valence-corrected chi connectivity index (χ4v) is 1.96. The number of aromatic nitrogens is 2. The first-order valence-corrected chi connectivity index (χ1v) is 6.42. The van der Waals surface area contributed by atoms with Crippen molar-refractivity contribution in [2.75, 3.05) is 0 Å². The lowest BCUT2D eigenvalue weighted by atomic mass is 10.2. The molecule has 3 rings (SSSR count). The first-order chi connectivity index (χ1) is 9.72. The van der Waals surface area contributed by atoms with Crippen molar-refractivity contribution in [3.8, 4) is 11.5 Å². The molecule has 4 nitrogen and oxygen atoms in total. The smallest absolute Gasteiger partial charge is 0.146 e. The summed E-state index contributed by atoms with van der Waals surface area (Å²) in [6.07, 6.45) is 3.29. The average molecular weight is 281 g/mol. The highest BCUT2D eigenvalue weighted by Crippen LogP contribution is 2.24. The molecule has 2 aromatic heterocycles. The number of nitrogens with zero attached hydrogens (tertiary/aromatic N) is 2. The zero-order valence-corrected chi connectivity index (χ0v) is 11.3. The van der Waals surface area contributed by atoms with Crippen LogP contribution in [0.2, 0.25) is 0 Å². The van der Waals surface area contributed by atoms with E-state index >= 15 is 0 Å². The number of pyridine rings is 2. The lowest BCUT2D eigenvalue weighted by Gasteiger charge is -2.07. The number of nitrogens with two attached hydrogens (primary N) is 1. The Balaban J connectivity index is 1.92. The number of hydrogen-bond donors (Lipinski definition) is 1. The van der Waals surface area contributed by atoms with Crippen LogP contribution in [0.4, 0.5) is 0 Å². The Morgan fingerprint density at radius 1 is 1.05 bits per heavy atom. The standard InChI is InChI=1S/C15H11N3OS/c16-15(20)14-8-11(5-6-17-14)19-12-7-10-3-1-2-4-13(10)18-9-12/h1-9H,(H2,16,20). The van der Waals surface area contributed by atoms with E-state index < -0.39 is 0 Å². The summed E-state index contributed by atoms with van der Waals surface area (Å²) in [5.41, 5.74) is 7.01. The maximum Gasteiger partial charge on any atom is 0.146 e. The van der Waals surface area contributed by atoms with Gasteiger partial charge in [0.15, 0.2) is 0 Å². The summed E-state index contributed by atoms with van der Waals surface area (Å²) in [5.74, 6) is 1.28. The predicted octanol–water partition coefficient (Wildman–Crippen LogP) is 3.06. The number of rotatable bonds is 3. The highest BCUT2D eigenvalue weighted by atomic mass is 32.1. The summed E-state index contributed by atoms with van der Waals surface area (Å²) in [7, 11) is 0. The molecule has 3 aromatic rings. The van der Waals surface area contributed by atoms with Gasteiger partial charge >= 0.3 is 0 Å². The molecule has 2 heterocycles. The van der Waals surface area contributed by atoms with Crippen molar-refractivity contribution in [1.29, 1.82) is 0 Å². The van der Waals surface area contributed by atoms with Crippen molar-refractivity contribution in [2.45, 2.75) is 0 Å². The van der Waals surface area contributed by atoms with Gasteiger partial charge in [-0.15, -0.1) is 0 Å². The molecule has 5 heteroatoms. The molecule has 2 N–H and O–H groups in total. The minimum atomic E-state index is 0.243. The van der Waals surface area contributed by atoms with Crippen LogP contribution in [0.25, 0.3) is 10.9 Å². The Bertz CT molecular complexity index is 789. The molecular weight excluding hydrogens is 270 g/mol. The third-order valence-corrected chi connectivity index (χ3v) is 2.99. The topological polar surface area (TPSA) is 61.0 Å². The van der Waals surface area contributed by atoms with E-state index in [-0.39, 0.29) is 4.99 Å². The van der Waals surface area contributed by atoms with Crippen molar-refractivity contribution < 1.29 is 4.74 Å². The lowest BCUT2D eigenvalue weighted by molar-refractivity contribution is 0.480. The first-order valence-electron chi connectivity index (χ1n) is 6.01. The van der Waals surface area contributed by atoms with E-state index in [0.29, 0.717) is 17.2 Å². The molecule has 98 valence electrons. The number of hydrogen-bond acceptors (Lipinski definition) is 4. The molecule has 0 saturated carbocycles. The van der Waals surface area contributed by atoms with E-state index in [2.05, 4.69) is 9.97 Å². The summed E-state index contributed by atoms with van der Waals surface area (Å²) in [6.45, 7) is 0. The Morgan fingerprint density at radius 2 is 1.90 bits per heavy atom. The Morgan fingerprint density at radius 3 is 2.75 bits per heavy atom. The molecule has 0 amide bonds. The van der Waals surface area contributed by atoms with Crippen LogP contribution in [0, 0.1) is 0 Å². The van der Waals surface area contributed by atoms with E-state index in [0.717, 1.165) is 10.9 Å². The van der Waals surface area contributed by atoms with Gasteiger partial charge in [0.2, 0.25) is 0 Å². The van der Waals surface area contributed by atoms with Gasteiger partial charge in [0.25, 0.3) is 0 Å². The zero-order valence-electron chi connectivity index (χ0n) is 10.5. The van der Waals surface area contributed by atoms with Gasteiger partial charge in [-0.3, -0.25) is 9.97 Å². The average Bonchev–Trinajstić information content (AvgIpc) is 2.47. The number of thiocarbonyl (C=S) groups is 1. The van der Waals surface area contributed by atoms with E-state index in [9.17, 15) is 0 Å². The molecule has 1 aromatic carbocycles. The van der Waals surface area contributed by atoms with E-state index in [1.165, 1.54) is 0 Å². The molecule has 0 fully saturated rings. The second-order valence-electron chi connectivity index (χ2n) is 4.21. The van der Waals surface area contributed by atoms with Crippen molar-refractivity contribution >= 4 is 28.1 Å². The van der Waals surface area contributed by atoms with Crippen LogP contribution in [0.3, 0.4) is 0 Å². The second-order valence-corrected chi connectivity index (χ2v) is 4.65. The normalized spacial score (nSPS) is 10.4. The van der Waals surface area contributed by atoms with Crippen LogP contribution in [0.1, 0.15) is 5.69 Å². The third-order valence-electron chi connectivity index (χ3n) is 2.78. The third kappa shape index (κ3) is 2.57. The van der Waals surface area contributed by atoms with E-state index in [1.807, 2.05) is 30.3 Å². The maximum atomic E-state index is 5.76. The molecule has 0 radical (unpaired) electrons. The summed E-state index contributed by atoms with van der Waals surface area (Å²) in [6, 6.07) is 13.2. The molecule has 0 bridgehead atoms. The second kappa shape index (κ2) is 5.22. The van der Waals surface area contributed by atoms with Crippen molar-refractivity contribution in [2.24, 2.45) is 5.73 Å². The van der Waals surface area contributed by atoms with Crippen LogP contribution in [0.15, 0.2) is 54.9 Å². The molecule has 0 saturated heterocycles. The highest BCUT2D eigenvalue weighted by Gasteiger charge is 2.03. The molecule has 0 unspecified atom stereocenters. The summed E-state index contributed by atoms with van der Waals surface area (Å²) >= 11 is 4.90.